The first-order chi connectivity index (χ1) is 16.7. The van der Waals surface area contributed by atoms with Crippen LogP contribution in [-0.4, -0.2) is 44.9 Å². The van der Waals surface area contributed by atoms with Crippen molar-refractivity contribution >= 4 is 22.7 Å². The fourth-order valence-electron chi connectivity index (χ4n) is 5.48. The maximum atomic E-state index is 16.0. The van der Waals surface area contributed by atoms with Crippen LogP contribution in [0, 0.1) is 11.2 Å². The molecule has 1 aromatic carbocycles. The van der Waals surface area contributed by atoms with Gasteiger partial charge in [0, 0.05) is 54.8 Å². The van der Waals surface area contributed by atoms with Gasteiger partial charge in [-0.2, -0.15) is 0 Å². The lowest BCUT2D eigenvalue weighted by molar-refractivity contribution is -0.134. The van der Waals surface area contributed by atoms with Crippen LogP contribution in [-0.2, 0) is 21.7 Å². The van der Waals surface area contributed by atoms with Crippen molar-refractivity contribution < 1.29 is 19.1 Å². The summed E-state index contributed by atoms with van der Waals surface area (Å²) in [5.74, 6) is -1.76. The Morgan fingerprint density at radius 1 is 1.20 bits per heavy atom. The number of hydrogen-bond acceptors (Lipinski definition) is 6. The van der Waals surface area contributed by atoms with Crippen molar-refractivity contribution in [3.8, 4) is 0 Å². The van der Waals surface area contributed by atoms with Crippen molar-refractivity contribution in [2.75, 3.05) is 13.1 Å². The van der Waals surface area contributed by atoms with Gasteiger partial charge in [0.15, 0.2) is 0 Å². The molecule has 8 heteroatoms. The van der Waals surface area contributed by atoms with Crippen LogP contribution in [0.25, 0.3) is 10.9 Å². The number of carbonyl (C=O) groups excluding carboxylic acids is 2. The van der Waals surface area contributed by atoms with E-state index >= 15 is 4.39 Å². The predicted octanol–water partition coefficient (Wildman–Crippen LogP) is 3.41. The van der Waals surface area contributed by atoms with E-state index in [1.165, 1.54) is 0 Å². The van der Waals surface area contributed by atoms with Crippen LogP contribution in [0.1, 0.15) is 55.8 Å². The lowest BCUT2D eigenvalue weighted by Gasteiger charge is -2.50. The number of pyridine rings is 2. The number of carbonyl (C=O) groups is 2. The van der Waals surface area contributed by atoms with Crippen molar-refractivity contribution in [1.82, 2.24) is 20.2 Å². The smallest absolute Gasteiger partial charge is 0.234 e. The minimum Gasteiger partial charge on any atom is -0.384 e. The topological polar surface area (TPSA) is 95.4 Å². The Balaban J connectivity index is 1.46. The second kappa shape index (κ2) is 8.77. The number of benzene rings is 1. The Morgan fingerprint density at radius 2 is 2.03 bits per heavy atom. The average Bonchev–Trinajstić information content (AvgIpc) is 2.82. The molecule has 2 atom stereocenters. The molecule has 35 heavy (non-hydrogen) atoms. The summed E-state index contributed by atoms with van der Waals surface area (Å²) in [4.78, 5) is 34.9. The number of rotatable bonds is 4. The Kier molecular flexibility index (Phi) is 5.89. The molecule has 2 unspecified atom stereocenters. The van der Waals surface area contributed by atoms with Gasteiger partial charge >= 0.3 is 0 Å². The highest BCUT2D eigenvalue weighted by Gasteiger charge is 2.50. The van der Waals surface area contributed by atoms with E-state index in [1.54, 1.807) is 30.6 Å². The Morgan fingerprint density at radius 3 is 2.74 bits per heavy atom. The molecule has 0 saturated carbocycles. The highest BCUT2D eigenvalue weighted by atomic mass is 19.1. The number of likely N-dealkylation sites (tertiary alicyclic amines) is 1. The zero-order valence-corrected chi connectivity index (χ0v) is 19.9. The number of aliphatic hydroxyl groups is 1. The highest BCUT2D eigenvalue weighted by Crippen LogP contribution is 2.48. The van der Waals surface area contributed by atoms with Crippen LogP contribution in [0.2, 0.25) is 0 Å². The van der Waals surface area contributed by atoms with Gasteiger partial charge in [-0.05, 0) is 42.7 Å². The zero-order valence-electron chi connectivity index (χ0n) is 19.9. The molecule has 0 spiro atoms. The Labute approximate surface area is 203 Å². The van der Waals surface area contributed by atoms with Crippen LogP contribution < -0.4 is 5.32 Å². The van der Waals surface area contributed by atoms with Gasteiger partial charge < -0.3 is 5.11 Å². The number of nitrogens with zero attached hydrogens (tertiary/aromatic N) is 3. The van der Waals surface area contributed by atoms with E-state index in [0.717, 1.165) is 5.69 Å². The first-order valence-electron chi connectivity index (χ1n) is 11.9. The van der Waals surface area contributed by atoms with Crippen LogP contribution in [0.3, 0.4) is 0 Å². The number of aromatic nitrogens is 2. The summed E-state index contributed by atoms with van der Waals surface area (Å²) in [6.45, 7) is 5.76. The van der Waals surface area contributed by atoms with Crippen molar-refractivity contribution in [3.05, 3.63) is 71.4 Å². The molecule has 182 valence electrons. The third-order valence-electron chi connectivity index (χ3n) is 7.55. The quantitative estimate of drug-likeness (QED) is 0.561. The summed E-state index contributed by atoms with van der Waals surface area (Å²) in [6.07, 6.45) is 4.30. The molecule has 0 aliphatic carbocycles. The summed E-state index contributed by atoms with van der Waals surface area (Å²) in [6, 6.07) is 10.8. The van der Waals surface area contributed by atoms with Crippen LogP contribution >= 0.6 is 0 Å². The number of piperidine rings is 2. The van der Waals surface area contributed by atoms with Gasteiger partial charge in [0.2, 0.25) is 11.8 Å². The van der Waals surface area contributed by atoms with Crippen molar-refractivity contribution in [3.63, 3.8) is 0 Å². The van der Waals surface area contributed by atoms with Gasteiger partial charge in [-0.15, -0.1) is 0 Å². The SMILES string of the molecule is CC1(C)CN(Cc2ccccn2)CCC1(O)c1ccc2ncc(C3CCC(=O)NC3=O)cc2c1F. The summed E-state index contributed by atoms with van der Waals surface area (Å²) < 4.78 is 16.0. The zero-order chi connectivity index (χ0) is 24.8. The highest BCUT2D eigenvalue weighted by molar-refractivity contribution is 6.01. The average molecular weight is 477 g/mol. The minimum absolute atomic E-state index is 0.236. The first kappa shape index (κ1) is 23.5. The molecule has 2 saturated heterocycles. The van der Waals surface area contributed by atoms with E-state index in [1.807, 2.05) is 32.0 Å². The first-order valence-corrected chi connectivity index (χ1v) is 11.9. The normalized spacial score (nSPS) is 25.0. The molecule has 2 aromatic heterocycles. The van der Waals surface area contributed by atoms with E-state index in [9.17, 15) is 14.7 Å². The fourth-order valence-corrected chi connectivity index (χ4v) is 5.48. The predicted molar refractivity (Wildman–Crippen MR) is 129 cm³/mol. The number of fused-ring (bicyclic) bond motifs is 1. The third kappa shape index (κ3) is 4.21. The molecule has 0 bridgehead atoms. The van der Waals surface area contributed by atoms with E-state index < -0.39 is 22.8 Å². The molecule has 0 radical (unpaired) electrons. The number of halogens is 1. The summed E-state index contributed by atoms with van der Waals surface area (Å²) in [7, 11) is 0. The monoisotopic (exact) mass is 476 g/mol. The lowest BCUT2D eigenvalue weighted by Crippen LogP contribution is -2.55. The van der Waals surface area contributed by atoms with Crippen molar-refractivity contribution in [2.45, 2.75) is 51.2 Å². The van der Waals surface area contributed by atoms with E-state index in [2.05, 4.69) is 20.2 Å². The summed E-state index contributed by atoms with van der Waals surface area (Å²) in [5.41, 5.74) is 0.207. The van der Waals surface area contributed by atoms with E-state index in [-0.39, 0.29) is 29.2 Å². The standard InChI is InChI=1S/C27H29FN4O3/c1-26(2)16-32(15-18-5-3-4-11-29-18)12-10-27(26,35)21-7-8-22-20(24(21)28)13-17(14-30-22)19-6-9-23(33)31-25(19)34/h3-5,7-8,11,13-14,19,35H,6,9-10,12,15-16H2,1-2H3,(H,31,33,34). The molecule has 3 aromatic rings. The van der Waals surface area contributed by atoms with Gasteiger partial charge in [-0.3, -0.25) is 29.8 Å². The lowest BCUT2D eigenvalue weighted by atomic mass is 9.66. The van der Waals surface area contributed by atoms with Gasteiger partial charge in [0.05, 0.1) is 22.7 Å². The van der Waals surface area contributed by atoms with Crippen molar-refractivity contribution in [2.24, 2.45) is 5.41 Å². The summed E-state index contributed by atoms with van der Waals surface area (Å²) >= 11 is 0. The van der Waals surface area contributed by atoms with Crippen LogP contribution in [0.5, 0.6) is 0 Å². The molecule has 2 amide bonds. The van der Waals surface area contributed by atoms with Crippen LogP contribution in [0.15, 0.2) is 48.8 Å². The van der Waals surface area contributed by atoms with Crippen molar-refractivity contribution in [1.29, 1.82) is 0 Å². The second-order valence-electron chi connectivity index (χ2n) is 10.3. The largest absolute Gasteiger partial charge is 0.384 e. The number of nitrogens with one attached hydrogen (secondary N) is 1. The minimum atomic E-state index is -1.38. The van der Waals surface area contributed by atoms with Gasteiger partial charge in [0.25, 0.3) is 0 Å². The molecule has 2 fully saturated rings. The van der Waals surface area contributed by atoms with E-state index in [4.69, 9.17) is 0 Å². The Bertz CT molecular complexity index is 1300. The van der Waals surface area contributed by atoms with Gasteiger partial charge in [0.1, 0.15) is 5.82 Å². The Hall–Kier alpha value is -3.23. The molecule has 7 nitrogen and oxygen atoms in total. The maximum Gasteiger partial charge on any atom is 0.234 e. The summed E-state index contributed by atoms with van der Waals surface area (Å²) in [5, 5.41) is 14.5. The number of hydrogen-bond donors (Lipinski definition) is 2. The van der Waals surface area contributed by atoms with Gasteiger partial charge in [-0.25, -0.2) is 4.39 Å². The molecular weight excluding hydrogens is 447 g/mol. The molecule has 2 aliphatic heterocycles. The van der Waals surface area contributed by atoms with Crippen LogP contribution in [0.4, 0.5) is 4.39 Å². The number of imide groups is 1. The second-order valence-corrected chi connectivity index (χ2v) is 10.3. The fraction of sp³-hybridized carbons (Fsp3) is 0.407. The number of amides is 2. The van der Waals surface area contributed by atoms with Gasteiger partial charge in [-0.1, -0.05) is 26.0 Å². The molecule has 5 rings (SSSR count). The molecular formula is C27H29FN4O3. The maximum absolute atomic E-state index is 16.0. The third-order valence-corrected chi connectivity index (χ3v) is 7.55. The molecule has 2 aliphatic rings. The molecule has 4 heterocycles. The molecule has 2 N–H and O–H groups in total. The van der Waals surface area contributed by atoms with E-state index in [0.29, 0.717) is 43.6 Å².